The first kappa shape index (κ1) is 14.2. The first-order valence-electron chi connectivity index (χ1n) is 5.96. The van der Waals surface area contributed by atoms with Crippen molar-refractivity contribution in [2.24, 2.45) is 0 Å². The summed E-state index contributed by atoms with van der Waals surface area (Å²) in [4.78, 5) is 11.6. The van der Waals surface area contributed by atoms with E-state index in [0.29, 0.717) is 11.5 Å². The Hall–Kier alpha value is -2.25. The first-order valence-corrected chi connectivity index (χ1v) is 5.96. The van der Waals surface area contributed by atoms with Crippen molar-refractivity contribution >= 4 is 5.97 Å². The number of hydrogen-bond acceptors (Lipinski definition) is 5. The smallest absolute Gasteiger partial charge is 0.341 e. The van der Waals surface area contributed by atoms with E-state index in [1.54, 1.807) is 19.9 Å². The van der Waals surface area contributed by atoms with Crippen molar-refractivity contribution in [3.8, 4) is 0 Å². The highest BCUT2D eigenvalue weighted by Gasteiger charge is 2.26. The van der Waals surface area contributed by atoms with Gasteiger partial charge in [0.05, 0.1) is 18.5 Å². The molecule has 0 aliphatic heterocycles. The summed E-state index contributed by atoms with van der Waals surface area (Å²) in [5.41, 5.74) is -0.0908. The van der Waals surface area contributed by atoms with Gasteiger partial charge in [0, 0.05) is 6.07 Å². The Bertz CT molecular complexity index is 607. The minimum absolute atomic E-state index is 0.0279. The second kappa shape index (κ2) is 5.81. The molecule has 0 aliphatic carbocycles. The van der Waals surface area contributed by atoms with E-state index >= 15 is 0 Å². The van der Waals surface area contributed by atoms with Crippen LogP contribution in [-0.2, 0) is 11.3 Å². The molecule has 0 amide bonds. The maximum absolute atomic E-state index is 13.1. The van der Waals surface area contributed by atoms with Crippen molar-refractivity contribution in [1.29, 1.82) is 0 Å². The summed E-state index contributed by atoms with van der Waals surface area (Å²) in [7, 11) is 0. The Morgan fingerprint density at radius 3 is 2.85 bits per heavy atom. The molecule has 0 radical (unpaired) electrons. The van der Waals surface area contributed by atoms with E-state index in [1.165, 1.54) is 0 Å². The minimum Gasteiger partial charge on any atom is -0.462 e. The highest BCUT2D eigenvalue weighted by molar-refractivity contribution is 5.90. The number of ether oxygens (including phenoxy) is 1. The van der Waals surface area contributed by atoms with Gasteiger partial charge in [0.25, 0.3) is 6.43 Å². The van der Waals surface area contributed by atoms with Gasteiger partial charge in [0.2, 0.25) is 0 Å². The van der Waals surface area contributed by atoms with E-state index in [2.05, 4.69) is 10.3 Å². The van der Waals surface area contributed by atoms with Crippen LogP contribution in [0.5, 0.6) is 0 Å². The molecule has 2 aromatic rings. The Labute approximate surface area is 113 Å². The topological polar surface area (TPSA) is 70.2 Å². The summed E-state index contributed by atoms with van der Waals surface area (Å²) in [6.45, 7) is 3.39. The fourth-order valence-electron chi connectivity index (χ4n) is 1.76. The zero-order valence-corrected chi connectivity index (χ0v) is 11.0. The molecule has 2 rings (SSSR count). The monoisotopic (exact) mass is 285 g/mol. The van der Waals surface area contributed by atoms with Gasteiger partial charge < -0.3 is 9.26 Å². The van der Waals surface area contributed by atoms with Crippen LogP contribution in [0.15, 0.2) is 16.8 Å². The van der Waals surface area contributed by atoms with Gasteiger partial charge in [-0.3, -0.25) is 4.68 Å². The Morgan fingerprint density at radius 2 is 2.30 bits per heavy atom. The van der Waals surface area contributed by atoms with Gasteiger partial charge >= 0.3 is 5.97 Å². The van der Waals surface area contributed by atoms with Gasteiger partial charge in [-0.25, -0.2) is 13.6 Å². The predicted molar refractivity (Wildman–Crippen MR) is 63.5 cm³/mol. The summed E-state index contributed by atoms with van der Waals surface area (Å²) in [5, 5.41) is 7.46. The zero-order chi connectivity index (χ0) is 14.7. The summed E-state index contributed by atoms with van der Waals surface area (Å²) in [6.07, 6.45) is -1.77. The maximum atomic E-state index is 13.1. The van der Waals surface area contributed by atoms with Crippen LogP contribution < -0.4 is 0 Å². The van der Waals surface area contributed by atoms with Crippen molar-refractivity contribution in [3.05, 3.63) is 35.0 Å². The fourth-order valence-corrected chi connectivity index (χ4v) is 1.76. The summed E-state index contributed by atoms with van der Waals surface area (Å²) < 4.78 is 36.9. The van der Waals surface area contributed by atoms with Crippen LogP contribution in [-0.4, -0.2) is 27.5 Å². The van der Waals surface area contributed by atoms with E-state index in [1.807, 2.05) is 0 Å². The molecular formula is C12H13F2N3O3. The van der Waals surface area contributed by atoms with Crippen molar-refractivity contribution in [3.63, 3.8) is 0 Å². The molecule has 0 N–H and O–H groups in total. The Morgan fingerprint density at radius 1 is 1.55 bits per heavy atom. The first-order chi connectivity index (χ1) is 9.52. The van der Waals surface area contributed by atoms with E-state index < -0.39 is 18.1 Å². The normalized spacial score (nSPS) is 11.1. The second-order valence-electron chi connectivity index (χ2n) is 4.06. The average molecular weight is 285 g/mol. The fraction of sp³-hybridized carbons (Fsp3) is 0.417. The maximum Gasteiger partial charge on any atom is 0.341 e. The van der Waals surface area contributed by atoms with Crippen molar-refractivity contribution in [2.45, 2.75) is 26.8 Å². The molecule has 20 heavy (non-hydrogen) atoms. The van der Waals surface area contributed by atoms with Crippen LogP contribution >= 0.6 is 0 Å². The zero-order valence-electron chi connectivity index (χ0n) is 11.0. The lowest BCUT2D eigenvalue weighted by Crippen LogP contribution is -2.11. The molecule has 2 aromatic heterocycles. The van der Waals surface area contributed by atoms with Gasteiger partial charge in [-0.15, -0.1) is 0 Å². The molecule has 108 valence electrons. The number of halogens is 2. The number of carbonyl (C=O) groups excluding carboxylic acids is 1. The summed E-state index contributed by atoms with van der Waals surface area (Å²) in [6, 6.07) is 1.61. The van der Waals surface area contributed by atoms with E-state index in [4.69, 9.17) is 9.26 Å². The number of hydrogen-bond donors (Lipinski definition) is 0. The third kappa shape index (κ3) is 2.84. The lowest BCUT2D eigenvalue weighted by Gasteiger charge is -2.06. The third-order valence-electron chi connectivity index (χ3n) is 2.56. The standard InChI is InChI=1S/C12H13F2N3O3/c1-3-19-12(18)9-5-15-17(10(9)11(13)14)6-8-4-7(2)16-20-8/h4-5,11H,3,6H2,1-2H3. The Kier molecular flexibility index (Phi) is 4.11. The van der Waals surface area contributed by atoms with Crippen molar-refractivity contribution < 1.29 is 22.8 Å². The second-order valence-corrected chi connectivity index (χ2v) is 4.06. The van der Waals surface area contributed by atoms with Crippen LogP contribution in [0.1, 0.15) is 40.9 Å². The molecule has 6 nitrogen and oxygen atoms in total. The van der Waals surface area contributed by atoms with E-state index in [0.717, 1.165) is 10.9 Å². The number of alkyl halides is 2. The highest BCUT2D eigenvalue weighted by Crippen LogP contribution is 2.24. The van der Waals surface area contributed by atoms with Gasteiger partial charge in [0.15, 0.2) is 5.76 Å². The van der Waals surface area contributed by atoms with E-state index in [-0.39, 0.29) is 18.7 Å². The molecule has 0 saturated carbocycles. The van der Waals surface area contributed by atoms with Crippen LogP contribution in [0, 0.1) is 6.92 Å². The molecule has 0 saturated heterocycles. The lowest BCUT2D eigenvalue weighted by molar-refractivity contribution is 0.0513. The molecule has 0 bridgehead atoms. The molecule has 2 heterocycles. The van der Waals surface area contributed by atoms with Gasteiger partial charge in [0.1, 0.15) is 17.8 Å². The number of carbonyl (C=O) groups is 1. The number of aromatic nitrogens is 3. The lowest BCUT2D eigenvalue weighted by atomic mass is 10.2. The molecule has 0 unspecified atom stereocenters. The van der Waals surface area contributed by atoms with Crippen molar-refractivity contribution in [2.75, 3.05) is 6.61 Å². The van der Waals surface area contributed by atoms with Crippen LogP contribution in [0.2, 0.25) is 0 Å². The number of esters is 1. The van der Waals surface area contributed by atoms with E-state index in [9.17, 15) is 13.6 Å². The molecule has 8 heteroatoms. The SMILES string of the molecule is CCOC(=O)c1cnn(Cc2cc(C)no2)c1C(F)F. The molecule has 0 fully saturated rings. The molecule has 0 aliphatic rings. The van der Waals surface area contributed by atoms with Crippen molar-refractivity contribution in [1.82, 2.24) is 14.9 Å². The highest BCUT2D eigenvalue weighted by atomic mass is 19.3. The van der Waals surface area contributed by atoms with Gasteiger partial charge in [-0.2, -0.15) is 5.10 Å². The van der Waals surface area contributed by atoms with Crippen LogP contribution in [0.4, 0.5) is 8.78 Å². The van der Waals surface area contributed by atoms with Gasteiger partial charge in [-0.05, 0) is 13.8 Å². The number of aryl methyl sites for hydroxylation is 1. The minimum atomic E-state index is -2.85. The molecule has 0 spiro atoms. The molecular weight excluding hydrogens is 272 g/mol. The third-order valence-corrected chi connectivity index (χ3v) is 2.56. The Balaban J connectivity index is 2.31. The van der Waals surface area contributed by atoms with Crippen LogP contribution in [0.25, 0.3) is 0 Å². The average Bonchev–Trinajstić information content (AvgIpc) is 2.96. The van der Waals surface area contributed by atoms with Crippen LogP contribution in [0.3, 0.4) is 0 Å². The molecule has 0 aromatic carbocycles. The number of nitrogens with zero attached hydrogens (tertiary/aromatic N) is 3. The largest absolute Gasteiger partial charge is 0.462 e. The molecule has 0 atom stereocenters. The predicted octanol–water partition coefficient (Wildman–Crippen LogP) is 2.34. The summed E-state index contributed by atoms with van der Waals surface area (Å²) >= 11 is 0. The quantitative estimate of drug-likeness (QED) is 0.789. The summed E-state index contributed by atoms with van der Waals surface area (Å²) in [5.74, 6) is -0.439. The number of rotatable bonds is 5. The van der Waals surface area contributed by atoms with Gasteiger partial charge in [-0.1, -0.05) is 5.16 Å².